The number of hydrogen-bond donors (Lipinski definition) is 1. The highest BCUT2D eigenvalue weighted by Crippen LogP contribution is 2.26. The third-order valence-electron chi connectivity index (χ3n) is 2.75. The standard InChI is InChI=1S/C12H14N2O2S2/c1-8(12(15)16)14(2)5-10-7-18-11(13-10)9-3-4-17-6-9/h3-4,6-8H,5H2,1-2H3,(H,15,16). The van der Waals surface area contributed by atoms with E-state index in [-0.39, 0.29) is 0 Å². The van der Waals surface area contributed by atoms with Crippen LogP contribution in [-0.4, -0.2) is 34.0 Å². The third kappa shape index (κ3) is 2.95. The lowest BCUT2D eigenvalue weighted by atomic mass is 10.3. The van der Waals surface area contributed by atoms with Crippen LogP contribution in [0.15, 0.2) is 22.2 Å². The predicted octanol–water partition coefficient (Wildman–Crippen LogP) is 2.78. The number of rotatable bonds is 5. The number of thiophene rings is 1. The Balaban J connectivity index is 2.05. The molecular weight excluding hydrogens is 268 g/mol. The first kappa shape index (κ1) is 13.2. The molecule has 0 amide bonds. The average Bonchev–Trinajstić information content (AvgIpc) is 2.96. The summed E-state index contributed by atoms with van der Waals surface area (Å²) in [6, 6.07) is 1.54. The van der Waals surface area contributed by atoms with E-state index in [4.69, 9.17) is 5.11 Å². The molecule has 2 heterocycles. The molecule has 6 heteroatoms. The van der Waals surface area contributed by atoms with Crippen molar-refractivity contribution in [2.45, 2.75) is 19.5 Å². The lowest BCUT2D eigenvalue weighted by Crippen LogP contribution is -2.35. The van der Waals surface area contributed by atoms with Crippen LogP contribution in [0.5, 0.6) is 0 Å². The SMILES string of the molecule is CC(C(=O)O)N(C)Cc1csc(-c2ccsc2)n1. The van der Waals surface area contributed by atoms with Crippen LogP contribution in [0.3, 0.4) is 0 Å². The molecule has 0 spiro atoms. The van der Waals surface area contributed by atoms with E-state index in [0.29, 0.717) is 6.54 Å². The Bertz CT molecular complexity index is 522. The van der Waals surface area contributed by atoms with Crippen LogP contribution in [0.2, 0.25) is 0 Å². The minimum Gasteiger partial charge on any atom is -0.480 e. The predicted molar refractivity (Wildman–Crippen MR) is 74.0 cm³/mol. The smallest absolute Gasteiger partial charge is 0.320 e. The summed E-state index contributed by atoms with van der Waals surface area (Å²) in [5.41, 5.74) is 2.04. The van der Waals surface area contributed by atoms with Gasteiger partial charge in [0, 0.05) is 22.9 Å². The Morgan fingerprint density at radius 2 is 2.33 bits per heavy atom. The zero-order chi connectivity index (χ0) is 13.1. The van der Waals surface area contributed by atoms with Gasteiger partial charge in [0.05, 0.1) is 5.69 Å². The van der Waals surface area contributed by atoms with Crippen molar-refractivity contribution in [3.05, 3.63) is 27.9 Å². The van der Waals surface area contributed by atoms with Crippen LogP contribution in [-0.2, 0) is 11.3 Å². The minimum atomic E-state index is -0.814. The Labute approximate surface area is 114 Å². The molecule has 0 aromatic carbocycles. The molecule has 0 aliphatic rings. The van der Waals surface area contributed by atoms with Gasteiger partial charge in [-0.3, -0.25) is 9.69 Å². The summed E-state index contributed by atoms with van der Waals surface area (Å²) in [4.78, 5) is 17.2. The fourth-order valence-electron chi connectivity index (χ4n) is 1.48. The Morgan fingerprint density at radius 1 is 1.56 bits per heavy atom. The summed E-state index contributed by atoms with van der Waals surface area (Å²) in [6.45, 7) is 2.22. The summed E-state index contributed by atoms with van der Waals surface area (Å²) in [5.74, 6) is -0.814. The van der Waals surface area contributed by atoms with Crippen molar-refractivity contribution >= 4 is 28.6 Å². The molecule has 0 saturated carbocycles. The van der Waals surface area contributed by atoms with Crippen LogP contribution < -0.4 is 0 Å². The van der Waals surface area contributed by atoms with Crippen molar-refractivity contribution in [3.63, 3.8) is 0 Å². The first-order valence-corrected chi connectivity index (χ1v) is 7.30. The molecule has 0 fully saturated rings. The summed E-state index contributed by atoms with van der Waals surface area (Å²) in [5, 5.41) is 16.0. The lowest BCUT2D eigenvalue weighted by molar-refractivity contribution is -0.142. The molecule has 2 aromatic heterocycles. The van der Waals surface area contributed by atoms with Crippen molar-refractivity contribution < 1.29 is 9.90 Å². The number of carbonyl (C=O) groups is 1. The fourth-order valence-corrected chi connectivity index (χ4v) is 3.00. The van der Waals surface area contributed by atoms with Crippen molar-refractivity contribution in [1.82, 2.24) is 9.88 Å². The van der Waals surface area contributed by atoms with Gasteiger partial charge in [0.15, 0.2) is 0 Å². The lowest BCUT2D eigenvalue weighted by Gasteiger charge is -2.19. The van der Waals surface area contributed by atoms with Crippen molar-refractivity contribution in [1.29, 1.82) is 0 Å². The maximum Gasteiger partial charge on any atom is 0.320 e. The van der Waals surface area contributed by atoms with Crippen molar-refractivity contribution in [2.75, 3.05) is 7.05 Å². The molecule has 2 aromatic rings. The van der Waals surface area contributed by atoms with Gasteiger partial charge in [-0.05, 0) is 25.4 Å². The summed E-state index contributed by atoms with van der Waals surface area (Å²) < 4.78 is 0. The van der Waals surface area contributed by atoms with Gasteiger partial charge in [-0.25, -0.2) is 4.98 Å². The maximum atomic E-state index is 10.9. The average molecular weight is 282 g/mol. The number of hydrogen-bond acceptors (Lipinski definition) is 5. The highest BCUT2D eigenvalue weighted by Gasteiger charge is 2.17. The summed E-state index contributed by atoms with van der Waals surface area (Å²) in [7, 11) is 1.79. The van der Waals surface area contributed by atoms with E-state index in [0.717, 1.165) is 16.3 Å². The molecule has 18 heavy (non-hydrogen) atoms. The van der Waals surface area contributed by atoms with Crippen LogP contribution >= 0.6 is 22.7 Å². The molecule has 0 bridgehead atoms. The number of carboxylic acid groups (broad SMARTS) is 1. The molecule has 0 aliphatic carbocycles. The van der Waals surface area contributed by atoms with E-state index in [1.165, 1.54) is 0 Å². The Kier molecular flexibility index (Phi) is 4.11. The second-order valence-electron chi connectivity index (χ2n) is 4.09. The maximum absolute atomic E-state index is 10.9. The van der Waals surface area contributed by atoms with E-state index in [1.54, 1.807) is 41.5 Å². The van der Waals surface area contributed by atoms with Gasteiger partial charge in [-0.2, -0.15) is 11.3 Å². The van der Waals surface area contributed by atoms with Crippen LogP contribution in [0.4, 0.5) is 0 Å². The molecule has 96 valence electrons. The number of nitrogens with zero attached hydrogens (tertiary/aromatic N) is 2. The largest absolute Gasteiger partial charge is 0.480 e. The van der Waals surface area contributed by atoms with Gasteiger partial charge in [0.2, 0.25) is 0 Å². The second kappa shape index (κ2) is 5.60. The topological polar surface area (TPSA) is 53.4 Å². The van der Waals surface area contributed by atoms with E-state index < -0.39 is 12.0 Å². The van der Waals surface area contributed by atoms with E-state index in [1.807, 2.05) is 16.8 Å². The number of likely N-dealkylation sites (N-methyl/N-ethyl adjacent to an activating group) is 1. The zero-order valence-corrected chi connectivity index (χ0v) is 11.8. The van der Waals surface area contributed by atoms with Gasteiger partial charge in [0.25, 0.3) is 0 Å². The summed E-state index contributed by atoms with van der Waals surface area (Å²) in [6.07, 6.45) is 0. The van der Waals surface area contributed by atoms with Crippen LogP contribution in [0.1, 0.15) is 12.6 Å². The molecule has 1 atom stereocenters. The molecule has 0 radical (unpaired) electrons. The Hall–Kier alpha value is -1.24. The number of carboxylic acids is 1. The molecule has 0 saturated heterocycles. The molecule has 4 nitrogen and oxygen atoms in total. The monoisotopic (exact) mass is 282 g/mol. The van der Waals surface area contributed by atoms with Gasteiger partial charge in [0.1, 0.15) is 11.0 Å². The van der Waals surface area contributed by atoms with Gasteiger partial charge < -0.3 is 5.11 Å². The zero-order valence-electron chi connectivity index (χ0n) is 10.2. The summed E-state index contributed by atoms with van der Waals surface area (Å²) >= 11 is 3.24. The molecule has 1 unspecified atom stereocenters. The third-order valence-corrected chi connectivity index (χ3v) is 4.37. The van der Waals surface area contributed by atoms with Gasteiger partial charge in [-0.1, -0.05) is 0 Å². The van der Waals surface area contributed by atoms with Crippen LogP contribution in [0, 0.1) is 0 Å². The van der Waals surface area contributed by atoms with Gasteiger partial charge in [-0.15, -0.1) is 11.3 Å². The first-order valence-electron chi connectivity index (χ1n) is 5.48. The number of aliphatic carboxylic acids is 1. The highest BCUT2D eigenvalue weighted by atomic mass is 32.1. The van der Waals surface area contributed by atoms with Gasteiger partial charge >= 0.3 is 5.97 Å². The molecule has 2 rings (SSSR count). The fraction of sp³-hybridized carbons (Fsp3) is 0.333. The van der Waals surface area contributed by atoms with Crippen molar-refractivity contribution in [3.8, 4) is 10.6 Å². The molecule has 1 N–H and O–H groups in total. The number of thiazole rings is 1. The molecule has 0 aliphatic heterocycles. The minimum absolute atomic E-state index is 0.503. The highest BCUT2D eigenvalue weighted by molar-refractivity contribution is 7.14. The Morgan fingerprint density at radius 3 is 2.94 bits per heavy atom. The first-order chi connectivity index (χ1) is 8.58. The normalized spacial score (nSPS) is 12.8. The quantitative estimate of drug-likeness (QED) is 0.916. The second-order valence-corrected chi connectivity index (χ2v) is 5.72. The van der Waals surface area contributed by atoms with E-state index in [9.17, 15) is 4.79 Å². The number of aromatic nitrogens is 1. The molecular formula is C12H14N2O2S2. The van der Waals surface area contributed by atoms with Crippen LogP contribution in [0.25, 0.3) is 10.6 Å². The van der Waals surface area contributed by atoms with E-state index in [2.05, 4.69) is 10.4 Å². The van der Waals surface area contributed by atoms with E-state index >= 15 is 0 Å². The van der Waals surface area contributed by atoms with Crippen molar-refractivity contribution in [2.24, 2.45) is 0 Å².